The number of halogens is 3. The molecule has 156 valence electrons. The molecule has 0 saturated heterocycles. The number of nitrogens with one attached hydrogen (secondary N) is 1. The van der Waals surface area contributed by atoms with E-state index in [0.29, 0.717) is 23.3 Å². The van der Waals surface area contributed by atoms with Crippen molar-refractivity contribution in [2.45, 2.75) is 18.3 Å². The lowest BCUT2D eigenvalue weighted by Crippen LogP contribution is -2.15. The number of hydrogen-bond donors (Lipinski definition) is 1. The molecule has 3 rings (SSSR count). The fourth-order valence-corrected chi connectivity index (χ4v) is 3.45. The molecule has 1 amide bonds. The first-order chi connectivity index (χ1) is 14.5. The highest BCUT2D eigenvalue weighted by atomic mass is 35.5. The number of ether oxygens (including phenoxy) is 1. The number of benzene rings is 2. The predicted octanol–water partition coefficient (Wildman–Crippen LogP) is 4.71. The number of carbonyl (C=O) groups excluding carboxylic acids is 1. The third-order valence-corrected chi connectivity index (χ3v) is 5.10. The molecule has 10 heteroatoms. The number of nitrogens with zero attached hydrogens (tertiary/aromatic N) is 3. The van der Waals surface area contributed by atoms with Crippen LogP contribution in [0, 0.1) is 11.6 Å². The molecule has 0 spiro atoms. The summed E-state index contributed by atoms with van der Waals surface area (Å²) in [6.07, 6.45) is 1.65. The maximum absolute atomic E-state index is 13.7. The topological polar surface area (TPSA) is 69.0 Å². The van der Waals surface area contributed by atoms with Gasteiger partial charge in [0.25, 0.3) is 0 Å². The fourth-order valence-electron chi connectivity index (χ4n) is 2.46. The Hall–Kier alpha value is -2.91. The first-order valence-corrected chi connectivity index (χ1v) is 10.1. The van der Waals surface area contributed by atoms with Gasteiger partial charge in [-0.2, -0.15) is 0 Å². The summed E-state index contributed by atoms with van der Waals surface area (Å²) in [5.41, 5.74) is 0.112. The molecule has 0 atom stereocenters. The van der Waals surface area contributed by atoms with Gasteiger partial charge in [0.15, 0.2) is 11.0 Å². The van der Waals surface area contributed by atoms with Crippen LogP contribution in [0.5, 0.6) is 5.75 Å². The number of allylic oxidation sites excluding steroid dienone is 1. The lowest BCUT2D eigenvalue weighted by atomic mass is 10.3. The van der Waals surface area contributed by atoms with E-state index in [9.17, 15) is 13.6 Å². The highest BCUT2D eigenvalue weighted by Gasteiger charge is 2.15. The summed E-state index contributed by atoms with van der Waals surface area (Å²) in [7, 11) is 0. The van der Waals surface area contributed by atoms with Crippen molar-refractivity contribution < 1.29 is 18.3 Å². The van der Waals surface area contributed by atoms with Crippen molar-refractivity contribution in [3.05, 3.63) is 77.6 Å². The molecule has 30 heavy (non-hydrogen) atoms. The summed E-state index contributed by atoms with van der Waals surface area (Å²) in [6, 6.07) is 9.74. The second kappa shape index (κ2) is 10.2. The number of anilines is 1. The average Bonchev–Trinajstić information content (AvgIpc) is 3.09. The largest absolute Gasteiger partial charge is 0.484 e. The molecule has 0 bridgehead atoms. The van der Waals surface area contributed by atoms with Gasteiger partial charge in [0.1, 0.15) is 24.0 Å². The first-order valence-electron chi connectivity index (χ1n) is 8.76. The Balaban J connectivity index is 1.64. The van der Waals surface area contributed by atoms with Crippen molar-refractivity contribution in [1.29, 1.82) is 0 Å². The van der Waals surface area contributed by atoms with Crippen LogP contribution in [0.3, 0.4) is 0 Å². The number of hydrogen-bond acceptors (Lipinski definition) is 5. The van der Waals surface area contributed by atoms with Crippen LogP contribution >= 0.6 is 23.4 Å². The standard InChI is InChI=1S/C20H17ClF2N4O2S/c1-2-9-27-18(11-29-17-8-7-13(22)10-14(17)21)25-26-20(27)30-12-19(28)24-16-6-4-3-5-15(16)23/h2-8,10H,1,9,11-12H2,(H,24,28). The predicted molar refractivity (Wildman–Crippen MR) is 112 cm³/mol. The van der Waals surface area contributed by atoms with Crippen molar-refractivity contribution in [3.8, 4) is 5.75 Å². The Bertz CT molecular complexity index is 1060. The highest BCUT2D eigenvalue weighted by Crippen LogP contribution is 2.26. The van der Waals surface area contributed by atoms with Crippen LogP contribution in [0.15, 0.2) is 60.3 Å². The van der Waals surface area contributed by atoms with Crippen molar-refractivity contribution >= 4 is 35.0 Å². The van der Waals surface area contributed by atoms with Crippen molar-refractivity contribution in [2.24, 2.45) is 0 Å². The van der Waals surface area contributed by atoms with E-state index in [1.165, 1.54) is 24.3 Å². The van der Waals surface area contributed by atoms with Crippen LogP contribution in [-0.2, 0) is 17.9 Å². The summed E-state index contributed by atoms with van der Waals surface area (Å²) in [4.78, 5) is 12.1. The van der Waals surface area contributed by atoms with Gasteiger partial charge in [-0.25, -0.2) is 8.78 Å². The number of amides is 1. The third kappa shape index (κ3) is 5.58. The Labute approximate surface area is 180 Å². The number of carbonyl (C=O) groups is 1. The van der Waals surface area contributed by atoms with Gasteiger partial charge in [-0.05, 0) is 30.3 Å². The number of rotatable bonds is 9. The molecule has 1 N–H and O–H groups in total. The summed E-state index contributed by atoms with van der Waals surface area (Å²) in [5.74, 6) is -0.556. The van der Waals surface area contributed by atoms with Crippen molar-refractivity contribution in [2.75, 3.05) is 11.1 Å². The molecule has 1 aromatic heterocycles. The quantitative estimate of drug-likeness (QED) is 0.378. The Morgan fingerprint density at radius 2 is 2.07 bits per heavy atom. The Morgan fingerprint density at radius 3 is 2.80 bits per heavy atom. The maximum Gasteiger partial charge on any atom is 0.234 e. The van der Waals surface area contributed by atoms with Gasteiger partial charge in [-0.15, -0.1) is 16.8 Å². The van der Waals surface area contributed by atoms with Crippen LogP contribution in [0.4, 0.5) is 14.5 Å². The Morgan fingerprint density at radius 1 is 1.27 bits per heavy atom. The van der Waals surface area contributed by atoms with Gasteiger partial charge < -0.3 is 10.1 Å². The van der Waals surface area contributed by atoms with E-state index in [-0.39, 0.29) is 29.0 Å². The molecular formula is C20H17ClF2N4O2S. The normalized spacial score (nSPS) is 10.6. The molecule has 0 aliphatic carbocycles. The molecule has 1 heterocycles. The van der Waals surface area contributed by atoms with Crippen LogP contribution in [0.2, 0.25) is 5.02 Å². The van der Waals surface area contributed by atoms with Gasteiger partial charge in [-0.1, -0.05) is 41.6 Å². The van der Waals surface area contributed by atoms with Crippen molar-refractivity contribution in [3.63, 3.8) is 0 Å². The van der Waals surface area contributed by atoms with E-state index in [1.807, 2.05) is 0 Å². The summed E-state index contributed by atoms with van der Waals surface area (Å²) < 4.78 is 34.1. The molecule has 6 nitrogen and oxygen atoms in total. The first kappa shape index (κ1) is 21.8. The number of aromatic nitrogens is 3. The minimum atomic E-state index is -0.510. The van der Waals surface area contributed by atoms with Crippen LogP contribution in [0.1, 0.15) is 5.82 Å². The zero-order valence-corrected chi connectivity index (χ0v) is 17.2. The zero-order valence-electron chi connectivity index (χ0n) is 15.6. The molecule has 0 fully saturated rings. The van der Waals surface area contributed by atoms with E-state index in [0.717, 1.165) is 17.8 Å². The molecule has 0 aliphatic rings. The highest BCUT2D eigenvalue weighted by molar-refractivity contribution is 7.99. The lowest BCUT2D eigenvalue weighted by molar-refractivity contribution is -0.113. The maximum atomic E-state index is 13.7. The van der Waals surface area contributed by atoms with Gasteiger partial charge in [-0.3, -0.25) is 9.36 Å². The minimum Gasteiger partial charge on any atom is -0.484 e. The third-order valence-electron chi connectivity index (χ3n) is 3.84. The molecule has 0 radical (unpaired) electrons. The summed E-state index contributed by atoms with van der Waals surface area (Å²) in [6.45, 7) is 4.14. The average molecular weight is 451 g/mol. The SMILES string of the molecule is C=CCn1c(COc2ccc(F)cc2Cl)nnc1SCC(=O)Nc1ccccc1F. The monoisotopic (exact) mass is 450 g/mol. The van der Waals surface area contributed by atoms with Gasteiger partial charge >= 0.3 is 0 Å². The Kier molecular flexibility index (Phi) is 7.42. The van der Waals surface area contributed by atoms with E-state index >= 15 is 0 Å². The summed E-state index contributed by atoms with van der Waals surface area (Å²) in [5, 5.41) is 11.3. The van der Waals surface area contributed by atoms with Gasteiger partial charge in [0.05, 0.1) is 16.5 Å². The molecule has 2 aromatic carbocycles. The molecule has 0 saturated carbocycles. The second-order valence-corrected chi connectivity index (χ2v) is 7.33. The van der Waals surface area contributed by atoms with E-state index in [4.69, 9.17) is 16.3 Å². The lowest BCUT2D eigenvalue weighted by Gasteiger charge is -2.10. The number of para-hydroxylation sites is 1. The minimum absolute atomic E-state index is 0.00819. The van der Waals surface area contributed by atoms with E-state index < -0.39 is 11.6 Å². The summed E-state index contributed by atoms with van der Waals surface area (Å²) >= 11 is 7.11. The van der Waals surface area contributed by atoms with Gasteiger partial charge in [0, 0.05) is 6.54 Å². The second-order valence-electron chi connectivity index (χ2n) is 5.98. The fraction of sp³-hybridized carbons (Fsp3) is 0.150. The molecular weight excluding hydrogens is 434 g/mol. The van der Waals surface area contributed by atoms with Crippen LogP contribution in [0.25, 0.3) is 0 Å². The molecule has 0 aliphatic heterocycles. The number of thioether (sulfide) groups is 1. The van der Waals surface area contributed by atoms with E-state index in [1.54, 1.807) is 22.8 Å². The van der Waals surface area contributed by atoms with Crippen LogP contribution < -0.4 is 10.1 Å². The van der Waals surface area contributed by atoms with E-state index in [2.05, 4.69) is 22.1 Å². The molecule has 0 unspecified atom stereocenters. The zero-order chi connectivity index (χ0) is 21.5. The molecule has 3 aromatic rings. The van der Waals surface area contributed by atoms with Crippen molar-refractivity contribution in [1.82, 2.24) is 14.8 Å². The van der Waals surface area contributed by atoms with Crippen LogP contribution in [-0.4, -0.2) is 26.4 Å². The van der Waals surface area contributed by atoms with Gasteiger partial charge in [0.2, 0.25) is 5.91 Å². The smallest absolute Gasteiger partial charge is 0.234 e.